The van der Waals surface area contributed by atoms with Crippen LogP contribution in [0.3, 0.4) is 0 Å². The summed E-state index contributed by atoms with van der Waals surface area (Å²) in [6.07, 6.45) is 2.44. The highest BCUT2D eigenvalue weighted by Gasteiger charge is 2.37. The van der Waals surface area contributed by atoms with Gasteiger partial charge in [0.2, 0.25) is 0 Å². The van der Waals surface area contributed by atoms with Crippen molar-refractivity contribution in [1.82, 2.24) is 0 Å². The number of benzene rings is 2. The fourth-order valence-electron chi connectivity index (χ4n) is 4.30. The molecule has 0 fully saturated rings. The maximum atomic E-state index is 13.2. The zero-order chi connectivity index (χ0) is 23.4. The Labute approximate surface area is 202 Å². The average molecular weight is 530 g/mol. The number of hydrogen-bond acceptors (Lipinski definition) is 3. The van der Waals surface area contributed by atoms with Crippen molar-refractivity contribution in [2.24, 2.45) is 5.41 Å². The Morgan fingerprint density at radius 3 is 2.22 bits per heavy atom. The van der Waals surface area contributed by atoms with Crippen LogP contribution in [0, 0.1) is 5.41 Å². The Bertz CT molecular complexity index is 893. The lowest BCUT2D eigenvalue weighted by atomic mass is 9.79. The van der Waals surface area contributed by atoms with Gasteiger partial charge >= 0.3 is 6.18 Å². The van der Waals surface area contributed by atoms with E-state index >= 15 is 0 Å². The van der Waals surface area contributed by atoms with E-state index < -0.39 is 11.7 Å². The van der Waals surface area contributed by atoms with Gasteiger partial charge in [-0.25, -0.2) is 0 Å². The zero-order valence-corrected chi connectivity index (χ0v) is 21.3. The predicted octanol–water partition coefficient (Wildman–Crippen LogP) is 9.09. The van der Waals surface area contributed by atoms with Crippen LogP contribution in [0.2, 0.25) is 0 Å². The van der Waals surface area contributed by atoms with E-state index in [9.17, 15) is 13.2 Å². The summed E-state index contributed by atoms with van der Waals surface area (Å²) >= 11 is 5.44. The third kappa shape index (κ3) is 5.77. The van der Waals surface area contributed by atoms with Crippen molar-refractivity contribution in [1.29, 1.82) is 0 Å². The minimum Gasteiger partial charge on any atom is -0.496 e. The highest BCUT2D eigenvalue weighted by Crippen LogP contribution is 2.49. The standard InChI is InChI=1S/C25H31BrF3NOS/c1-4-6-12-24(13-7-5-2)16-30(19-10-8-18(9-11-19)25(27,28)29)21-14-20(26)22(31-3)15-23(21)32-17-24/h8-11,14-15H,4-7,12-13,16-17H2,1-3H3. The third-order valence-electron chi connectivity index (χ3n) is 6.18. The second kappa shape index (κ2) is 10.7. The van der Waals surface area contributed by atoms with E-state index in [2.05, 4.69) is 34.7 Å². The quantitative estimate of drug-likeness (QED) is 0.338. The van der Waals surface area contributed by atoms with E-state index in [-0.39, 0.29) is 5.41 Å². The molecule has 32 heavy (non-hydrogen) atoms. The van der Waals surface area contributed by atoms with Crippen molar-refractivity contribution >= 4 is 39.1 Å². The Morgan fingerprint density at radius 2 is 1.69 bits per heavy atom. The van der Waals surface area contributed by atoms with E-state index in [0.717, 1.165) is 77.3 Å². The molecule has 176 valence electrons. The summed E-state index contributed by atoms with van der Waals surface area (Å²) in [6.45, 7) is 5.21. The molecule has 2 aromatic carbocycles. The first kappa shape index (κ1) is 25.3. The lowest BCUT2D eigenvalue weighted by Crippen LogP contribution is -2.36. The second-order valence-corrected chi connectivity index (χ2v) is 10.5. The molecule has 2 aromatic rings. The Hall–Kier alpha value is -1.34. The number of fused-ring (bicyclic) bond motifs is 1. The SMILES string of the molecule is CCCCC1(CCCC)CSc2cc(OC)c(Br)cc2N(c2ccc(C(F)(F)F)cc2)C1. The van der Waals surface area contributed by atoms with Crippen LogP contribution in [0.25, 0.3) is 0 Å². The van der Waals surface area contributed by atoms with Crippen LogP contribution in [-0.4, -0.2) is 19.4 Å². The van der Waals surface area contributed by atoms with E-state index in [4.69, 9.17) is 4.74 Å². The number of unbranched alkanes of at least 4 members (excludes halogenated alkanes) is 2. The van der Waals surface area contributed by atoms with E-state index in [1.165, 1.54) is 12.1 Å². The molecule has 0 aromatic heterocycles. The van der Waals surface area contributed by atoms with Gasteiger partial charge in [0.05, 0.1) is 22.8 Å². The van der Waals surface area contributed by atoms with Crippen molar-refractivity contribution in [3.05, 3.63) is 46.4 Å². The van der Waals surface area contributed by atoms with E-state index in [0.29, 0.717) is 0 Å². The topological polar surface area (TPSA) is 12.5 Å². The maximum absolute atomic E-state index is 13.2. The third-order valence-corrected chi connectivity index (χ3v) is 8.19. The number of hydrogen-bond donors (Lipinski definition) is 0. The molecule has 1 aliphatic heterocycles. The number of nitrogens with zero attached hydrogens (tertiary/aromatic N) is 1. The first-order chi connectivity index (χ1) is 15.2. The number of ether oxygens (including phenoxy) is 1. The van der Waals surface area contributed by atoms with Gasteiger partial charge in [0.25, 0.3) is 0 Å². The molecule has 0 unspecified atom stereocenters. The van der Waals surface area contributed by atoms with Crippen molar-refractivity contribution < 1.29 is 17.9 Å². The molecule has 0 spiro atoms. The number of rotatable bonds is 8. The Morgan fingerprint density at radius 1 is 1.06 bits per heavy atom. The summed E-state index contributed by atoms with van der Waals surface area (Å²) in [6, 6.07) is 9.65. The van der Waals surface area contributed by atoms with Gasteiger partial charge in [0, 0.05) is 22.9 Å². The summed E-state index contributed by atoms with van der Waals surface area (Å²) in [5.41, 5.74) is 1.27. The van der Waals surface area contributed by atoms with E-state index in [1.54, 1.807) is 19.2 Å². The first-order valence-corrected chi connectivity index (χ1v) is 13.0. The number of anilines is 2. The van der Waals surface area contributed by atoms with Gasteiger partial charge in [-0.15, -0.1) is 11.8 Å². The molecule has 0 amide bonds. The molecular weight excluding hydrogens is 499 g/mol. The minimum absolute atomic E-state index is 0.0954. The van der Waals surface area contributed by atoms with Crippen molar-refractivity contribution in [2.75, 3.05) is 24.3 Å². The minimum atomic E-state index is -4.34. The van der Waals surface area contributed by atoms with Crippen LogP contribution < -0.4 is 9.64 Å². The normalized spacial score (nSPS) is 15.9. The summed E-state index contributed by atoms with van der Waals surface area (Å²) in [4.78, 5) is 3.31. The van der Waals surface area contributed by atoms with Crippen LogP contribution in [0.4, 0.5) is 24.5 Å². The molecule has 0 N–H and O–H groups in total. The Kier molecular flexibility index (Phi) is 8.48. The molecule has 1 aliphatic rings. The fourth-order valence-corrected chi connectivity index (χ4v) is 6.14. The summed E-state index contributed by atoms with van der Waals surface area (Å²) < 4.78 is 45.9. The largest absolute Gasteiger partial charge is 0.496 e. The number of halogens is 4. The van der Waals surface area contributed by atoms with E-state index in [1.807, 2.05) is 23.9 Å². The highest BCUT2D eigenvalue weighted by atomic mass is 79.9. The van der Waals surface area contributed by atoms with Gasteiger partial charge in [-0.05, 0) is 70.6 Å². The lowest BCUT2D eigenvalue weighted by Gasteiger charge is -2.37. The molecule has 0 radical (unpaired) electrons. The Balaban J connectivity index is 2.09. The summed E-state index contributed by atoms with van der Waals surface area (Å²) in [5, 5.41) is 0. The van der Waals surface area contributed by atoms with Crippen molar-refractivity contribution in [3.63, 3.8) is 0 Å². The summed E-state index contributed by atoms with van der Waals surface area (Å²) in [7, 11) is 1.65. The molecule has 2 nitrogen and oxygen atoms in total. The van der Waals surface area contributed by atoms with Crippen LogP contribution in [-0.2, 0) is 6.18 Å². The number of alkyl halides is 3. The van der Waals surface area contributed by atoms with Gasteiger partial charge < -0.3 is 9.64 Å². The van der Waals surface area contributed by atoms with Crippen molar-refractivity contribution in [3.8, 4) is 5.75 Å². The monoisotopic (exact) mass is 529 g/mol. The van der Waals surface area contributed by atoms with Crippen LogP contribution in [0.1, 0.15) is 57.9 Å². The average Bonchev–Trinajstić information content (AvgIpc) is 2.93. The molecule has 0 saturated heterocycles. The van der Waals surface area contributed by atoms with Gasteiger partial charge in [-0.2, -0.15) is 13.2 Å². The predicted molar refractivity (Wildman–Crippen MR) is 131 cm³/mol. The van der Waals surface area contributed by atoms with Gasteiger partial charge in [0.1, 0.15) is 5.75 Å². The number of methoxy groups -OCH3 is 1. The van der Waals surface area contributed by atoms with Crippen LogP contribution in [0.15, 0.2) is 45.8 Å². The lowest BCUT2D eigenvalue weighted by molar-refractivity contribution is -0.137. The molecular formula is C25H31BrF3NOS. The second-order valence-electron chi connectivity index (χ2n) is 8.58. The molecule has 3 rings (SSSR count). The smallest absolute Gasteiger partial charge is 0.416 e. The molecule has 7 heteroatoms. The highest BCUT2D eigenvalue weighted by molar-refractivity contribution is 9.10. The van der Waals surface area contributed by atoms with Crippen LogP contribution in [0.5, 0.6) is 5.75 Å². The zero-order valence-electron chi connectivity index (χ0n) is 18.9. The molecule has 0 saturated carbocycles. The van der Waals surface area contributed by atoms with Crippen LogP contribution >= 0.6 is 27.7 Å². The molecule has 1 heterocycles. The van der Waals surface area contributed by atoms with Gasteiger partial charge in [-0.3, -0.25) is 0 Å². The fraction of sp³-hybridized carbons (Fsp3) is 0.520. The van der Waals surface area contributed by atoms with Gasteiger partial charge in [0.15, 0.2) is 0 Å². The van der Waals surface area contributed by atoms with Crippen molar-refractivity contribution in [2.45, 2.75) is 63.4 Å². The summed E-state index contributed by atoms with van der Waals surface area (Å²) in [5.74, 6) is 1.75. The maximum Gasteiger partial charge on any atom is 0.416 e. The number of thioether (sulfide) groups is 1. The molecule has 0 atom stereocenters. The molecule has 0 bridgehead atoms. The first-order valence-electron chi connectivity index (χ1n) is 11.2. The molecule has 0 aliphatic carbocycles. The van der Waals surface area contributed by atoms with Gasteiger partial charge in [-0.1, -0.05) is 39.5 Å².